The predicted octanol–water partition coefficient (Wildman–Crippen LogP) is 2.21. The number of rotatable bonds is 4. The molecular weight excluding hydrogens is 244 g/mol. The van der Waals surface area contributed by atoms with Gasteiger partial charge in [-0.15, -0.1) is 0 Å². The van der Waals surface area contributed by atoms with Crippen LogP contribution in [0.25, 0.3) is 0 Å². The maximum atomic E-state index is 12.5. The Labute approximate surface area is 116 Å². The molecule has 1 fully saturated rings. The van der Waals surface area contributed by atoms with Crippen molar-refractivity contribution < 1.29 is 4.79 Å². The lowest BCUT2D eigenvalue weighted by atomic mass is 9.61. The van der Waals surface area contributed by atoms with Crippen molar-refractivity contribution in [3.05, 3.63) is 0 Å². The zero-order valence-corrected chi connectivity index (χ0v) is 13.2. The molecule has 18 heavy (non-hydrogen) atoms. The van der Waals surface area contributed by atoms with Gasteiger partial charge in [0.2, 0.25) is 5.91 Å². The second kappa shape index (κ2) is 6.29. The number of amides is 1. The first-order valence-corrected chi connectivity index (χ1v) is 8.21. The molecule has 0 radical (unpaired) electrons. The molecule has 3 unspecified atom stereocenters. The molecular formula is C14H28N2OS. The van der Waals surface area contributed by atoms with E-state index in [0.717, 1.165) is 25.1 Å². The highest BCUT2D eigenvalue weighted by Crippen LogP contribution is 2.44. The molecule has 1 saturated carbocycles. The summed E-state index contributed by atoms with van der Waals surface area (Å²) in [7, 11) is 1.92. The van der Waals surface area contributed by atoms with Gasteiger partial charge in [-0.2, -0.15) is 11.8 Å². The van der Waals surface area contributed by atoms with Crippen molar-refractivity contribution in [2.24, 2.45) is 23.0 Å². The summed E-state index contributed by atoms with van der Waals surface area (Å²) in [6, 6.07) is 0.237. The first kappa shape index (κ1) is 15.8. The molecule has 0 aromatic rings. The molecule has 0 heterocycles. The first-order valence-electron chi connectivity index (χ1n) is 6.81. The van der Waals surface area contributed by atoms with E-state index in [-0.39, 0.29) is 17.4 Å². The molecule has 106 valence electrons. The topological polar surface area (TPSA) is 46.3 Å². The standard InChI is InChI=1S/C14H28N2OS/c1-10-12(15)7-6-11(14(10,2)3)13(17)16(4)8-9-18-5/h10-12H,6-9,15H2,1-5H3. The van der Waals surface area contributed by atoms with Crippen LogP contribution in [0.4, 0.5) is 0 Å². The lowest BCUT2D eigenvalue weighted by Crippen LogP contribution is -2.52. The maximum absolute atomic E-state index is 12.5. The quantitative estimate of drug-likeness (QED) is 0.853. The third-order valence-corrected chi connectivity index (χ3v) is 5.40. The van der Waals surface area contributed by atoms with Crippen LogP contribution in [-0.4, -0.2) is 42.4 Å². The van der Waals surface area contributed by atoms with Gasteiger partial charge >= 0.3 is 0 Å². The van der Waals surface area contributed by atoms with Crippen molar-refractivity contribution in [2.75, 3.05) is 25.6 Å². The molecule has 0 aromatic heterocycles. The Balaban J connectivity index is 2.73. The Bertz CT molecular complexity index is 294. The molecule has 4 heteroatoms. The molecule has 1 aliphatic carbocycles. The fourth-order valence-electron chi connectivity index (χ4n) is 2.90. The summed E-state index contributed by atoms with van der Waals surface area (Å²) in [5.74, 6) is 1.82. The Morgan fingerprint density at radius 3 is 2.61 bits per heavy atom. The normalized spacial score (nSPS) is 31.1. The average Bonchev–Trinajstić information content (AvgIpc) is 2.32. The van der Waals surface area contributed by atoms with Crippen molar-refractivity contribution >= 4 is 17.7 Å². The number of thioether (sulfide) groups is 1. The van der Waals surface area contributed by atoms with E-state index in [2.05, 4.69) is 27.0 Å². The van der Waals surface area contributed by atoms with Crippen molar-refractivity contribution in [3.63, 3.8) is 0 Å². The van der Waals surface area contributed by atoms with Crippen molar-refractivity contribution in [3.8, 4) is 0 Å². The number of hydrogen-bond acceptors (Lipinski definition) is 3. The van der Waals surface area contributed by atoms with Crippen LogP contribution >= 0.6 is 11.8 Å². The van der Waals surface area contributed by atoms with E-state index in [1.807, 2.05) is 11.9 Å². The number of carbonyl (C=O) groups is 1. The fraction of sp³-hybridized carbons (Fsp3) is 0.929. The summed E-state index contributed by atoms with van der Waals surface area (Å²) >= 11 is 1.78. The van der Waals surface area contributed by atoms with Gasteiger partial charge in [0.1, 0.15) is 0 Å². The van der Waals surface area contributed by atoms with E-state index in [1.54, 1.807) is 11.8 Å². The van der Waals surface area contributed by atoms with Gasteiger partial charge in [0.25, 0.3) is 0 Å². The molecule has 3 nitrogen and oxygen atoms in total. The second-order valence-corrected chi connectivity index (χ2v) is 7.14. The molecule has 0 aromatic carbocycles. The van der Waals surface area contributed by atoms with Crippen LogP contribution < -0.4 is 5.73 Å². The minimum absolute atomic E-state index is 0.00235. The van der Waals surface area contributed by atoms with E-state index in [4.69, 9.17) is 5.73 Å². The summed E-state index contributed by atoms with van der Waals surface area (Å²) < 4.78 is 0. The molecule has 0 saturated heterocycles. The average molecular weight is 272 g/mol. The number of nitrogens with two attached hydrogens (primary N) is 1. The highest BCUT2D eigenvalue weighted by atomic mass is 32.2. The second-order valence-electron chi connectivity index (χ2n) is 6.16. The Hall–Kier alpha value is -0.220. The summed E-state index contributed by atoms with van der Waals surface area (Å²) in [4.78, 5) is 14.4. The van der Waals surface area contributed by atoms with Crippen molar-refractivity contribution in [2.45, 2.75) is 39.7 Å². The maximum Gasteiger partial charge on any atom is 0.226 e. The number of hydrogen-bond donors (Lipinski definition) is 1. The van der Waals surface area contributed by atoms with Crippen LogP contribution in [0.15, 0.2) is 0 Å². The monoisotopic (exact) mass is 272 g/mol. The SMILES string of the molecule is CSCCN(C)C(=O)C1CCC(N)C(C)C1(C)C. The van der Waals surface area contributed by atoms with Crippen LogP contribution in [0.1, 0.15) is 33.6 Å². The number of carbonyl (C=O) groups excluding carboxylic acids is 1. The van der Waals surface area contributed by atoms with Crippen LogP contribution in [0.2, 0.25) is 0 Å². The minimum Gasteiger partial charge on any atom is -0.345 e. The third-order valence-electron chi connectivity index (χ3n) is 4.81. The Morgan fingerprint density at radius 1 is 1.44 bits per heavy atom. The van der Waals surface area contributed by atoms with E-state index < -0.39 is 0 Å². The zero-order chi connectivity index (χ0) is 13.9. The minimum atomic E-state index is 0.00235. The van der Waals surface area contributed by atoms with E-state index >= 15 is 0 Å². The van der Waals surface area contributed by atoms with Gasteiger partial charge in [0.05, 0.1) is 0 Å². The lowest BCUT2D eigenvalue weighted by Gasteiger charge is -2.47. The molecule has 1 rings (SSSR count). The van der Waals surface area contributed by atoms with Crippen molar-refractivity contribution in [1.29, 1.82) is 0 Å². The van der Waals surface area contributed by atoms with Crippen LogP contribution in [-0.2, 0) is 4.79 Å². The van der Waals surface area contributed by atoms with Crippen LogP contribution in [0, 0.1) is 17.3 Å². The Kier molecular flexibility index (Phi) is 5.53. The zero-order valence-electron chi connectivity index (χ0n) is 12.4. The molecule has 1 amide bonds. The van der Waals surface area contributed by atoms with Crippen LogP contribution in [0.3, 0.4) is 0 Å². The molecule has 0 bridgehead atoms. The molecule has 1 aliphatic rings. The summed E-state index contributed by atoms with van der Waals surface area (Å²) in [6.07, 6.45) is 3.97. The van der Waals surface area contributed by atoms with Gasteiger partial charge in [0, 0.05) is 31.3 Å². The van der Waals surface area contributed by atoms with Gasteiger partial charge in [-0.1, -0.05) is 20.8 Å². The summed E-state index contributed by atoms with van der Waals surface area (Å²) in [5.41, 5.74) is 6.15. The van der Waals surface area contributed by atoms with Crippen molar-refractivity contribution in [1.82, 2.24) is 4.90 Å². The summed E-state index contributed by atoms with van der Waals surface area (Å²) in [6.45, 7) is 7.42. The Morgan fingerprint density at radius 2 is 2.06 bits per heavy atom. The molecule has 2 N–H and O–H groups in total. The molecule has 3 atom stereocenters. The smallest absolute Gasteiger partial charge is 0.226 e. The molecule has 0 spiro atoms. The van der Waals surface area contributed by atoms with E-state index in [1.165, 1.54) is 0 Å². The highest BCUT2D eigenvalue weighted by molar-refractivity contribution is 7.98. The van der Waals surface area contributed by atoms with E-state index in [9.17, 15) is 4.79 Å². The lowest BCUT2D eigenvalue weighted by molar-refractivity contribution is -0.141. The fourth-order valence-corrected chi connectivity index (χ4v) is 3.35. The largest absolute Gasteiger partial charge is 0.345 e. The highest BCUT2D eigenvalue weighted by Gasteiger charge is 2.45. The van der Waals surface area contributed by atoms with E-state index in [0.29, 0.717) is 11.8 Å². The first-order chi connectivity index (χ1) is 8.32. The predicted molar refractivity (Wildman–Crippen MR) is 79.7 cm³/mol. The van der Waals surface area contributed by atoms with Gasteiger partial charge in [-0.05, 0) is 30.4 Å². The third kappa shape index (κ3) is 3.21. The molecule has 0 aliphatic heterocycles. The number of nitrogens with zero attached hydrogens (tertiary/aromatic N) is 1. The van der Waals surface area contributed by atoms with Gasteiger partial charge in [-0.3, -0.25) is 4.79 Å². The van der Waals surface area contributed by atoms with Gasteiger partial charge in [-0.25, -0.2) is 0 Å². The van der Waals surface area contributed by atoms with Gasteiger partial charge < -0.3 is 10.6 Å². The van der Waals surface area contributed by atoms with Gasteiger partial charge in [0.15, 0.2) is 0 Å². The summed E-state index contributed by atoms with van der Waals surface area (Å²) in [5, 5.41) is 0. The van der Waals surface area contributed by atoms with Crippen LogP contribution in [0.5, 0.6) is 0 Å².